The Kier molecular flexibility index (Phi) is 5.62. The molecule has 1 fully saturated rings. The lowest BCUT2D eigenvalue weighted by molar-refractivity contribution is 0.0226. The van der Waals surface area contributed by atoms with Crippen LogP contribution in [0.15, 0.2) is 18.2 Å². The van der Waals surface area contributed by atoms with Crippen molar-refractivity contribution >= 4 is 0 Å². The normalized spacial score (nSPS) is 19.2. The highest BCUT2D eigenvalue weighted by atomic mass is 16.5. The summed E-state index contributed by atoms with van der Waals surface area (Å²) in [5.41, 5.74) is 2.25. The smallest absolute Gasteiger partial charge is 0.124 e. The highest BCUT2D eigenvalue weighted by molar-refractivity contribution is 5.38. The molecule has 0 aliphatic carbocycles. The van der Waals surface area contributed by atoms with Crippen LogP contribution in [0.1, 0.15) is 37.0 Å². The van der Waals surface area contributed by atoms with Gasteiger partial charge < -0.3 is 19.9 Å². The number of aliphatic hydroxyl groups is 1. The van der Waals surface area contributed by atoms with Crippen LogP contribution in [0, 0.1) is 12.3 Å². The molecule has 1 aliphatic heterocycles. The summed E-state index contributed by atoms with van der Waals surface area (Å²) < 4.78 is 10.7. The van der Waals surface area contributed by atoms with Gasteiger partial charge in [-0.3, -0.25) is 0 Å². The van der Waals surface area contributed by atoms with E-state index in [1.807, 2.05) is 25.1 Å². The zero-order valence-electron chi connectivity index (χ0n) is 13.3. The molecule has 4 nitrogen and oxygen atoms in total. The van der Waals surface area contributed by atoms with Gasteiger partial charge in [0.15, 0.2) is 0 Å². The highest BCUT2D eigenvalue weighted by Gasteiger charge is 2.27. The van der Waals surface area contributed by atoms with E-state index in [2.05, 4.69) is 12.2 Å². The Balaban J connectivity index is 1.89. The summed E-state index contributed by atoms with van der Waals surface area (Å²) in [5, 5.41) is 13.8. The Morgan fingerprint density at radius 2 is 2.10 bits per heavy atom. The fourth-order valence-electron chi connectivity index (χ4n) is 2.78. The molecule has 1 atom stereocenters. The largest absolute Gasteiger partial charge is 0.496 e. The van der Waals surface area contributed by atoms with Crippen LogP contribution < -0.4 is 10.1 Å². The minimum absolute atomic E-state index is 0.272. The number of nitrogens with one attached hydrogen (secondary N) is 1. The predicted molar refractivity (Wildman–Crippen MR) is 83.7 cm³/mol. The van der Waals surface area contributed by atoms with Crippen LogP contribution in [0.5, 0.6) is 5.75 Å². The summed E-state index contributed by atoms with van der Waals surface area (Å²) in [4.78, 5) is 0. The molecule has 1 saturated heterocycles. The van der Waals surface area contributed by atoms with E-state index in [-0.39, 0.29) is 5.41 Å². The van der Waals surface area contributed by atoms with Crippen molar-refractivity contribution in [3.63, 3.8) is 0 Å². The third kappa shape index (κ3) is 4.43. The van der Waals surface area contributed by atoms with Crippen molar-refractivity contribution in [2.75, 3.05) is 33.4 Å². The number of aryl methyl sites for hydroxylation is 1. The van der Waals surface area contributed by atoms with Gasteiger partial charge in [-0.25, -0.2) is 0 Å². The number of hydrogen-bond acceptors (Lipinski definition) is 4. The minimum Gasteiger partial charge on any atom is -0.496 e. The molecule has 2 N–H and O–H groups in total. The molecule has 1 aliphatic rings. The average Bonchev–Trinajstić information content (AvgIpc) is 2.47. The van der Waals surface area contributed by atoms with Crippen molar-refractivity contribution in [1.29, 1.82) is 0 Å². The zero-order valence-corrected chi connectivity index (χ0v) is 13.3. The van der Waals surface area contributed by atoms with E-state index in [0.29, 0.717) is 6.54 Å². The van der Waals surface area contributed by atoms with Gasteiger partial charge in [-0.2, -0.15) is 0 Å². The molecule has 1 unspecified atom stereocenters. The van der Waals surface area contributed by atoms with E-state index in [9.17, 15) is 5.11 Å². The molecule has 0 saturated carbocycles. The van der Waals surface area contributed by atoms with Crippen molar-refractivity contribution in [3.8, 4) is 5.75 Å². The lowest BCUT2D eigenvalue weighted by Crippen LogP contribution is -2.38. The molecule has 118 valence electrons. The second kappa shape index (κ2) is 7.25. The molecule has 21 heavy (non-hydrogen) atoms. The fraction of sp³-hybridized carbons (Fsp3) is 0.647. The molecule has 4 heteroatoms. The quantitative estimate of drug-likeness (QED) is 0.846. The number of ether oxygens (including phenoxy) is 2. The van der Waals surface area contributed by atoms with Crippen molar-refractivity contribution in [2.45, 2.75) is 32.8 Å². The lowest BCUT2D eigenvalue weighted by atomic mass is 9.82. The molecule has 0 amide bonds. The number of rotatable bonds is 6. The standard InChI is InChI=1S/C17H27NO3/c1-13-4-5-16(20-3)14(10-13)15(19)11-18-12-17(2)6-8-21-9-7-17/h4-5,10,15,18-19H,6-9,11-12H2,1-3H3. The maximum Gasteiger partial charge on any atom is 0.124 e. The molecular weight excluding hydrogens is 266 g/mol. The SMILES string of the molecule is COc1ccc(C)cc1C(O)CNCC1(C)CCOCC1. The van der Waals surface area contributed by atoms with Crippen LogP contribution in [0.2, 0.25) is 0 Å². The Hall–Kier alpha value is -1.10. The summed E-state index contributed by atoms with van der Waals surface area (Å²) in [7, 11) is 1.64. The number of hydrogen-bond donors (Lipinski definition) is 2. The third-order valence-corrected chi connectivity index (χ3v) is 4.33. The Morgan fingerprint density at radius 3 is 2.76 bits per heavy atom. The van der Waals surface area contributed by atoms with Gasteiger partial charge in [-0.05, 0) is 37.3 Å². The zero-order chi connectivity index (χ0) is 15.3. The molecule has 0 aromatic heterocycles. The molecular formula is C17H27NO3. The van der Waals surface area contributed by atoms with Gasteiger partial charge in [0.2, 0.25) is 0 Å². The first-order valence-corrected chi connectivity index (χ1v) is 7.65. The summed E-state index contributed by atoms with van der Waals surface area (Å²) in [6.45, 7) is 7.42. The van der Waals surface area contributed by atoms with Gasteiger partial charge in [-0.1, -0.05) is 18.6 Å². The van der Waals surface area contributed by atoms with Crippen LogP contribution in [0.4, 0.5) is 0 Å². The molecule has 0 radical (unpaired) electrons. The van der Waals surface area contributed by atoms with E-state index < -0.39 is 6.10 Å². The molecule has 1 heterocycles. The molecule has 0 bridgehead atoms. The van der Waals surface area contributed by atoms with Gasteiger partial charge >= 0.3 is 0 Å². The first kappa shape index (κ1) is 16.3. The predicted octanol–water partition coefficient (Wildman–Crippen LogP) is 2.44. The van der Waals surface area contributed by atoms with Crippen LogP contribution in [-0.2, 0) is 4.74 Å². The van der Waals surface area contributed by atoms with Crippen molar-refractivity contribution in [2.24, 2.45) is 5.41 Å². The van der Waals surface area contributed by atoms with Crippen LogP contribution in [0.3, 0.4) is 0 Å². The summed E-state index contributed by atoms with van der Waals surface area (Å²) in [5.74, 6) is 0.743. The van der Waals surface area contributed by atoms with E-state index in [1.54, 1.807) is 7.11 Å². The van der Waals surface area contributed by atoms with Crippen molar-refractivity contribution < 1.29 is 14.6 Å². The molecule has 1 aromatic carbocycles. The van der Waals surface area contributed by atoms with Crippen molar-refractivity contribution in [3.05, 3.63) is 29.3 Å². The minimum atomic E-state index is -0.553. The number of methoxy groups -OCH3 is 1. The van der Waals surface area contributed by atoms with E-state index in [0.717, 1.165) is 49.5 Å². The average molecular weight is 293 g/mol. The first-order chi connectivity index (χ1) is 10.0. The molecule has 0 spiro atoms. The maximum absolute atomic E-state index is 10.4. The lowest BCUT2D eigenvalue weighted by Gasteiger charge is -2.34. The van der Waals surface area contributed by atoms with Gasteiger partial charge in [-0.15, -0.1) is 0 Å². The van der Waals surface area contributed by atoms with Crippen LogP contribution in [0.25, 0.3) is 0 Å². The number of aliphatic hydroxyl groups excluding tert-OH is 1. The molecule has 2 rings (SSSR count). The second-order valence-electron chi connectivity index (χ2n) is 6.32. The molecule has 1 aromatic rings. The Labute approximate surface area is 127 Å². The van der Waals surface area contributed by atoms with Crippen LogP contribution in [-0.4, -0.2) is 38.5 Å². The maximum atomic E-state index is 10.4. The summed E-state index contributed by atoms with van der Waals surface area (Å²) in [6.07, 6.45) is 1.59. The summed E-state index contributed by atoms with van der Waals surface area (Å²) >= 11 is 0. The van der Waals surface area contributed by atoms with Gasteiger partial charge in [0.05, 0.1) is 13.2 Å². The van der Waals surface area contributed by atoms with Gasteiger partial charge in [0.1, 0.15) is 5.75 Å². The summed E-state index contributed by atoms with van der Waals surface area (Å²) in [6, 6.07) is 5.89. The van der Waals surface area contributed by atoms with E-state index >= 15 is 0 Å². The van der Waals surface area contributed by atoms with Crippen LogP contribution >= 0.6 is 0 Å². The first-order valence-electron chi connectivity index (χ1n) is 7.65. The number of benzene rings is 1. The van der Waals surface area contributed by atoms with Crippen molar-refractivity contribution in [1.82, 2.24) is 5.32 Å². The Bertz CT molecular complexity index is 455. The Morgan fingerprint density at radius 1 is 1.38 bits per heavy atom. The highest BCUT2D eigenvalue weighted by Crippen LogP contribution is 2.29. The third-order valence-electron chi connectivity index (χ3n) is 4.33. The van der Waals surface area contributed by atoms with E-state index in [4.69, 9.17) is 9.47 Å². The fourth-order valence-corrected chi connectivity index (χ4v) is 2.78. The topological polar surface area (TPSA) is 50.7 Å². The van der Waals surface area contributed by atoms with E-state index in [1.165, 1.54) is 0 Å². The van der Waals surface area contributed by atoms with Gasteiger partial charge in [0, 0.05) is 31.9 Å². The van der Waals surface area contributed by atoms with Gasteiger partial charge in [0.25, 0.3) is 0 Å². The second-order valence-corrected chi connectivity index (χ2v) is 6.32. The monoisotopic (exact) mass is 293 g/mol.